The molecule has 3 aromatic carbocycles. The Balaban J connectivity index is 1.80. The highest BCUT2D eigenvalue weighted by Crippen LogP contribution is 2.19. The first kappa shape index (κ1) is 20.0. The SMILES string of the molecule is CC(=O)/C(=C\c1ccc(Cl)c(P)c1)NC(=O)c1ccc(-c2ccccc2)cc1. The van der Waals surface area contributed by atoms with E-state index in [2.05, 4.69) is 14.6 Å². The first-order chi connectivity index (χ1) is 13.4. The normalized spacial score (nSPS) is 11.2. The van der Waals surface area contributed by atoms with Crippen LogP contribution in [-0.4, -0.2) is 11.7 Å². The third-order valence-corrected chi connectivity index (χ3v) is 5.22. The number of benzene rings is 3. The van der Waals surface area contributed by atoms with Crippen molar-refractivity contribution < 1.29 is 9.59 Å². The third kappa shape index (κ3) is 4.95. The van der Waals surface area contributed by atoms with Crippen LogP contribution in [0.2, 0.25) is 5.02 Å². The number of hydrogen-bond donors (Lipinski definition) is 1. The number of rotatable bonds is 5. The van der Waals surface area contributed by atoms with Crippen molar-refractivity contribution in [1.82, 2.24) is 5.32 Å². The summed E-state index contributed by atoms with van der Waals surface area (Å²) in [5.41, 5.74) is 3.58. The number of ketones is 1. The van der Waals surface area contributed by atoms with Crippen LogP contribution in [0.4, 0.5) is 0 Å². The predicted molar refractivity (Wildman–Crippen MR) is 119 cm³/mol. The van der Waals surface area contributed by atoms with Gasteiger partial charge in [0.1, 0.15) is 0 Å². The molecule has 0 aliphatic heterocycles. The summed E-state index contributed by atoms with van der Waals surface area (Å²) in [5.74, 6) is -0.560. The zero-order valence-corrected chi connectivity index (χ0v) is 17.2. The lowest BCUT2D eigenvalue weighted by Crippen LogP contribution is -2.26. The molecule has 1 unspecified atom stereocenters. The molecule has 0 saturated carbocycles. The summed E-state index contributed by atoms with van der Waals surface area (Å²) in [6, 6.07) is 22.6. The highest BCUT2D eigenvalue weighted by atomic mass is 35.5. The highest BCUT2D eigenvalue weighted by Gasteiger charge is 2.12. The summed E-state index contributed by atoms with van der Waals surface area (Å²) >= 11 is 6.02. The Hall–Kier alpha value is -2.74. The van der Waals surface area contributed by atoms with Crippen molar-refractivity contribution in [2.45, 2.75) is 6.92 Å². The van der Waals surface area contributed by atoms with Gasteiger partial charge in [-0.3, -0.25) is 9.59 Å². The second-order valence-electron chi connectivity index (χ2n) is 6.29. The topological polar surface area (TPSA) is 46.2 Å². The zero-order valence-electron chi connectivity index (χ0n) is 15.3. The van der Waals surface area contributed by atoms with Crippen LogP contribution in [0.5, 0.6) is 0 Å². The van der Waals surface area contributed by atoms with Crippen molar-refractivity contribution in [1.29, 1.82) is 0 Å². The average Bonchev–Trinajstić information content (AvgIpc) is 2.71. The summed E-state index contributed by atoms with van der Waals surface area (Å²) in [6.07, 6.45) is 1.64. The van der Waals surface area contributed by atoms with Gasteiger partial charge in [0.05, 0.1) is 5.70 Å². The van der Waals surface area contributed by atoms with Gasteiger partial charge >= 0.3 is 0 Å². The van der Waals surface area contributed by atoms with E-state index in [-0.39, 0.29) is 17.4 Å². The molecule has 0 heterocycles. The van der Waals surface area contributed by atoms with E-state index in [4.69, 9.17) is 11.6 Å². The van der Waals surface area contributed by atoms with E-state index in [0.29, 0.717) is 10.6 Å². The smallest absolute Gasteiger partial charge is 0.255 e. The van der Waals surface area contributed by atoms with Gasteiger partial charge in [-0.1, -0.05) is 60.1 Å². The maximum Gasteiger partial charge on any atom is 0.255 e. The minimum atomic E-state index is -0.332. The quantitative estimate of drug-likeness (QED) is 0.484. The van der Waals surface area contributed by atoms with Crippen LogP contribution in [0.3, 0.4) is 0 Å². The number of nitrogens with one attached hydrogen (secondary N) is 1. The van der Waals surface area contributed by atoms with Gasteiger partial charge in [-0.2, -0.15) is 0 Å². The van der Waals surface area contributed by atoms with Crippen LogP contribution in [0.1, 0.15) is 22.8 Å². The molecule has 5 heteroatoms. The van der Waals surface area contributed by atoms with E-state index in [1.165, 1.54) is 6.92 Å². The highest BCUT2D eigenvalue weighted by molar-refractivity contribution is 7.28. The Morgan fingerprint density at radius 1 is 0.929 bits per heavy atom. The Morgan fingerprint density at radius 3 is 2.18 bits per heavy atom. The zero-order chi connectivity index (χ0) is 20.1. The number of halogens is 1. The van der Waals surface area contributed by atoms with Gasteiger partial charge in [0.2, 0.25) is 0 Å². The van der Waals surface area contributed by atoms with E-state index >= 15 is 0 Å². The van der Waals surface area contributed by atoms with Gasteiger partial charge in [0.25, 0.3) is 5.91 Å². The van der Waals surface area contributed by atoms with Crippen molar-refractivity contribution in [3.8, 4) is 11.1 Å². The molecule has 1 atom stereocenters. The first-order valence-corrected chi connectivity index (χ1v) is 9.64. The summed E-state index contributed by atoms with van der Waals surface area (Å²) < 4.78 is 0. The van der Waals surface area contributed by atoms with E-state index < -0.39 is 0 Å². The molecule has 0 radical (unpaired) electrons. The molecule has 0 saturated heterocycles. The summed E-state index contributed by atoms with van der Waals surface area (Å²) in [5, 5.41) is 4.15. The number of carbonyl (C=O) groups is 2. The van der Waals surface area contributed by atoms with Crippen LogP contribution in [0, 0.1) is 0 Å². The van der Waals surface area contributed by atoms with Gasteiger partial charge in [-0.25, -0.2) is 0 Å². The molecule has 3 nitrogen and oxygen atoms in total. The minimum absolute atomic E-state index is 0.226. The standard InChI is InChI=1S/C23H19ClNO2P/c1-15(26)21(13-16-7-12-20(24)22(28)14-16)25-23(27)19-10-8-18(9-11-19)17-5-3-2-4-6-17/h2-14H,28H2,1H3,(H,25,27)/b21-13+. The molecule has 0 fully saturated rings. The minimum Gasteiger partial charge on any atom is -0.319 e. The maximum absolute atomic E-state index is 12.6. The van der Waals surface area contributed by atoms with Gasteiger partial charge in [0, 0.05) is 17.5 Å². The van der Waals surface area contributed by atoms with E-state index in [9.17, 15) is 9.59 Å². The summed E-state index contributed by atoms with van der Waals surface area (Å²) in [4.78, 5) is 24.6. The number of amides is 1. The molecule has 0 spiro atoms. The fraction of sp³-hybridized carbons (Fsp3) is 0.0435. The van der Waals surface area contributed by atoms with Crippen molar-refractivity contribution in [2.24, 2.45) is 0 Å². The summed E-state index contributed by atoms with van der Waals surface area (Å²) in [7, 11) is 2.54. The van der Waals surface area contributed by atoms with Crippen LogP contribution in [0.15, 0.2) is 78.5 Å². The Kier molecular flexibility index (Phi) is 6.41. The fourth-order valence-corrected chi connectivity index (χ4v) is 3.09. The van der Waals surface area contributed by atoms with E-state index in [0.717, 1.165) is 22.0 Å². The van der Waals surface area contributed by atoms with Crippen molar-refractivity contribution in [3.63, 3.8) is 0 Å². The van der Waals surface area contributed by atoms with Crippen LogP contribution in [-0.2, 0) is 4.79 Å². The molecule has 1 amide bonds. The Bertz CT molecular complexity index is 1040. The maximum atomic E-state index is 12.6. The fourth-order valence-electron chi connectivity index (χ4n) is 2.68. The molecule has 3 rings (SSSR count). The lowest BCUT2D eigenvalue weighted by Gasteiger charge is -2.09. The van der Waals surface area contributed by atoms with Gasteiger partial charge in [0.15, 0.2) is 5.78 Å². The largest absolute Gasteiger partial charge is 0.319 e. The van der Waals surface area contributed by atoms with E-state index in [1.807, 2.05) is 48.5 Å². The van der Waals surface area contributed by atoms with Crippen LogP contribution < -0.4 is 10.6 Å². The van der Waals surface area contributed by atoms with E-state index in [1.54, 1.807) is 30.3 Å². The molecule has 0 aromatic heterocycles. The summed E-state index contributed by atoms with van der Waals surface area (Å²) in [6.45, 7) is 1.42. The lowest BCUT2D eigenvalue weighted by molar-refractivity contribution is -0.113. The molecular formula is C23H19ClNO2P. The van der Waals surface area contributed by atoms with Crippen molar-refractivity contribution in [2.75, 3.05) is 0 Å². The number of carbonyl (C=O) groups excluding carboxylic acids is 2. The molecule has 28 heavy (non-hydrogen) atoms. The molecular weight excluding hydrogens is 389 g/mol. The number of allylic oxidation sites excluding steroid dienone is 1. The second kappa shape index (κ2) is 8.97. The van der Waals surface area contributed by atoms with Gasteiger partial charge < -0.3 is 5.32 Å². The Labute approximate surface area is 171 Å². The second-order valence-corrected chi connectivity index (χ2v) is 7.32. The number of Topliss-reactive ketones (excluding diaryl/α,β-unsaturated/α-hetero) is 1. The van der Waals surface area contributed by atoms with Gasteiger partial charge in [-0.15, -0.1) is 9.24 Å². The van der Waals surface area contributed by atoms with Crippen LogP contribution in [0.25, 0.3) is 17.2 Å². The first-order valence-electron chi connectivity index (χ1n) is 8.68. The Morgan fingerprint density at radius 2 is 1.57 bits per heavy atom. The molecule has 0 aliphatic carbocycles. The molecule has 0 bridgehead atoms. The van der Waals surface area contributed by atoms with Crippen molar-refractivity contribution >= 4 is 43.9 Å². The number of hydrogen-bond acceptors (Lipinski definition) is 2. The monoisotopic (exact) mass is 407 g/mol. The van der Waals surface area contributed by atoms with Crippen LogP contribution >= 0.6 is 20.8 Å². The van der Waals surface area contributed by atoms with Gasteiger partial charge in [-0.05, 0) is 52.3 Å². The lowest BCUT2D eigenvalue weighted by atomic mass is 10.0. The molecule has 140 valence electrons. The predicted octanol–water partition coefficient (Wildman–Crippen LogP) is 4.87. The average molecular weight is 408 g/mol. The molecule has 3 aromatic rings. The molecule has 0 aliphatic rings. The molecule has 1 N–H and O–H groups in total. The third-order valence-electron chi connectivity index (χ3n) is 4.21. The van der Waals surface area contributed by atoms with Crippen molar-refractivity contribution in [3.05, 3.63) is 94.6 Å².